The van der Waals surface area contributed by atoms with E-state index in [0.29, 0.717) is 0 Å². The van der Waals surface area contributed by atoms with Crippen LogP contribution >= 0.6 is 36.6 Å². The van der Waals surface area contributed by atoms with Gasteiger partial charge in [-0.15, -0.1) is 36.6 Å². The molecule has 1 unspecified atom stereocenters. The van der Waals surface area contributed by atoms with Crippen LogP contribution in [0, 0.1) is 0 Å². The molecule has 2 fully saturated rings. The largest absolute Gasteiger partial charge is 0.508 e. The molecule has 124 valence electrons. The zero-order valence-electron chi connectivity index (χ0n) is 12.1. The van der Waals surface area contributed by atoms with E-state index in [1.54, 1.807) is 23.9 Å². The summed E-state index contributed by atoms with van der Waals surface area (Å²) < 4.78 is 0. The number of hydrogen-bond acceptors (Lipinski definition) is 5. The third-order valence-corrected chi connectivity index (χ3v) is 4.76. The van der Waals surface area contributed by atoms with Crippen molar-refractivity contribution >= 4 is 48.2 Å². The van der Waals surface area contributed by atoms with E-state index in [2.05, 4.69) is 10.2 Å². The van der Waals surface area contributed by atoms with Gasteiger partial charge in [0.2, 0.25) is 5.91 Å². The van der Waals surface area contributed by atoms with Crippen LogP contribution in [0.2, 0.25) is 0 Å². The predicted molar refractivity (Wildman–Crippen MR) is 95.6 cm³/mol. The third-order valence-electron chi connectivity index (χ3n) is 3.82. The predicted octanol–water partition coefficient (Wildman–Crippen LogP) is 1.55. The van der Waals surface area contributed by atoms with Crippen molar-refractivity contribution in [1.82, 2.24) is 10.2 Å². The van der Waals surface area contributed by atoms with Crippen LogP contribution in [0.25, 0.3) is 0 Å². The van der Waals surface area contributed by atoms with Crippen LogP contribution in [-0.2, 0) is 4.79 Å². The SMILES string of the molecule is Cl.Cl.O=C(C1CSCN1)N1CCN(c2ccc(O)cc2)CC1. The molecule has 0 aliphatic carbocycles. The minimum absolute atomic E-state index is 0. The molecule has 1 aromatic rings. The first-order valence-corrected chi connectivity index (χ1v) is 8.03. The van der Waals surface area contributed by atoms with Crippen LogP contribution in [0.5, 0.6) is 5.75 Å². The Balaban J connectivity index is 0.00000121. The van der Waals surface area contributed by atoms with E-state index in [-0.39, 0.29) is 42.5 Å². The van der Waals surface area contributed by atoms with Crippen LogP contribution in [0.1, 0.15) is 0 Å². The van der Waals surface area contributed by atoms with Crippen LogP contribution in [0.4, 0.5) is 5.69 Å². The molecular weight excluding hydrogens is 345 g/mol. The number of rotatable bonds is 2. The van der Waals surface area contributed by atoms with E-state index >= 15 is 0 Å². The van der Waals surface area contributed by atoms with Gasteiger partial charge in [-0.3, -0.25) is 10.1 Å². The lowest BCUT2D eigenvalue weighted by Gasteiger charge is -2.37. The second-order valence-corrected chi connectivity index (χ2v) is 6.13. The van der Waals surface area contributed by atoms with E-state index < -0.39 is 0 Å². The maximum atomic E-state index is 12.3. The van der Waals surface area contributed by atoms with E-state index in [4.69, 9.17) is 0 Å². The van der Waals surface area contributed by atoms with Crippen LogP contribution < -0.4 is 10.2 Å². The van der Waals surface area contributed by atoms with E-state index in [0.717, 1.165) is 43.5 Å². The number of piperazine rings is 1. The minimum atomic E-state index is 0. The molecule has 0 radical (unpaired) electrons. The van der Waals surface area contributed by atoms with E-state index in [1.807, 2.05) is 17.0 Å². The molecule has 0 bridgehead atoms. The minimum Gasteiger partial charge on any atom is -0.508 e. The zero-order chi connectivity index (χ0) is 13.9. The molecule has 0 spiro atoms. The first-order chi connectivity index (χ1) is 9.74. The lowest BCUT2D eigenvalue weighted by Crippen LogP contribution is -2.53. The van der Waals surface area contributed by atoms with Gasteiger partial charge in [0.1, 0.15) is 5.75 Å². The van der Waals surface area contributed by atoms with Gasteiger partial charge in [-0.2, -0.15) is 0 Å². The molecule has 1 aromatic carbocycles. The van der Waals surface area contributed by atoms with Gasteiger partial charge in [0, 0.05) is 43.5 Å². The molecule has 0 aromatic heterocycles. The highest BCUT2D eigenvalue weighted by atomic mass is 35.5. The number of aromatic hydroxyl groups is 1. The van der Waals surface area contributed by atoms with Crippen molar-refractivity contribution in [2.75, 3.05) is 42.7 Å². The number of halogens is 2. The van der Waals surface area contributed by atoms with Crippen molar-refractivity contribution < 1.29 is 9.90 Å². The van der Waals surface area contributed by atoms with Crippen molar-refractivity contribution in [1.29, 1.82) is 0 Å². The van der Waals surface area contributed by atoms with Gasteiger partial charge in [-0.05, 0) is 24.3 Å². The summed E-state index contributed by atoms with van der Waals surface area (Å²) in [6.45, 7) is 3.22. The molecule has 2 heterocycles. The van der Waals surface area contributed by atoms with Crippen molar-refractivity contribution in [2.24, 2.45) is 0 Å². The second-order valence-electron chi connectivity index (χ2n) is 5.10. The molecule has 3 rings (SSSR count). The van der Waals surface area contributed by atoms with Gasteiger partial charge in [0.25, 0.3) is 0 Å². The Morgan fingerprint density at radius 2 is 1.77 bits per heavy atom. The number of thioether (sulfide) groups is 1. The van der Waals surface area contributed by atoms with E-state index in [1.165, 1.54) is 0 Å². The van der Waals surface area contributed by atoms with Crippen molar-refractivity contribution in [2.45, 2.75) is 6.04 Å². The Morgan fingerprint density at radius 1 is 1.14 bits per heavy atom. The molecule has 22 heavy (non-hydrogen) atoms. The molecule has 5 nitrogen and oxygen atoms in total. The summed E-state index contributed by atoms with van der Waals surface area (Å²) in [4.78, 5) is 16.5. The summed E-state index contributed by atoms with van der Waals surface area (Å²) in [7, 11) is 0. The van der Waals surface area contributed by atoms with Crippen LogP contribution in [0.15, 0.2) is 24.3 Å². The van der Waals surface area contributed by atoms with Crippen molar-refractivity contribution in [3.05, 3.63) is 24.3 Å². The zero-order valence-corrected chi connectivity index (χ0v) is 14.6. The van der Waals surface area contributed by atoms with Gasteiger partial charge < -0.3 is 14.9 Å². The molecule has 1 atom stereocenters. The maximum Gasteiger partial charge on any atom is 0.240 e. The number of nitrogens with zero attached hydrogens (tertiary/aromatic N) is 2. The summed E-state index contributed by atoms with van der Waals surface area (Å²) in [5.74, 6) is 2.29. The number of carbonyl (C=O) groups is 1. The second kappa shape index (κ2) is 8.72. The molecule has 2 aliphatic heterocycles. The Morgan fingerprint density at radius 3 is 2.32 bits per heavy atom. The lowest BCUT2D eigenvalue weighted by atomic mass is 10.2. The molecule has 0 saturated carbocycles. The standard InChI is InChI=1S/C14H19N3O2S.2ClH/c18-12-3-1-11(2-4-12)16-5-7-17(8-6-16)14(19)13-9-20-10-15-13;;/h1-4,13,15,18H,5-10H2;2*1H. The van der Waals surface area contributed by atoms with Gasteiger partial charge in [-0.25, -0.2) is 0 Å². The summed E-state index contributed by atoms with van der Waals surface area (Å²) in [6, 6.07) is 7.24. The molecular formula is C14H21Cl2N3O2S. The normalized spacial score (nSPS) is 21.0. The molecule has 1 amide bonds. The number of nitrogens with one attached hydrogen (secondary N) is 1. The fourth-order valence-corrected chi connectivity index (χ4v) is 3.56. The third kappa shape index (κ3) is 4.35. The fourth-order valence-electron chi connectivity index (χ4n) is 2.62. The van der Waals surface area contributed by atoms with Crippen molar-refractivity contribution in [3.8, 4) is 5.75 Å². The number of phenolic OH excluding ortho intramolecular Hbond substituents is 1. The van der Waals surface area contributed by atoms with Crippen molar-refractivity contribution in [3.63, 3.8) is 0 Å². The topological polar surface area (TPSA) is 55.8 Å². The maximum absolute atomic E-state index is 12.3. The lowest BCUT2D eigenvalue weighted by molar-refractivity contribution is -0.132. The Bertz CT molecular complexity index is 475. The highest BCUT2D eigenvalue weighted by Gasteiger charge is 2.29. The molecule has 2 aliphatic rings. The number of hydrogen-bond donors (Lipinski definition) is 2. The van der Waals surface area contributed by atoms with E-state index in [9.17, 15) is 9.90 Å². The highest BCUT2D eigenvalue weighted by molar-refractivity contribution is 7.99. The van der Waals surface area contributed by atoms with Gasteiger partial charge in [0.15, 0.2) is 0 Å². The number of benzene rings is 1. The summed E-state index contributed by atoms with van der Waals surface area (Å²) >= 11 is 1.78. The van der Waals surface area contributed by atoms with Crippen LogP contribution in [0.3, 0.4) is 0 Å². The Kier molecular flexibility index (Phi) is 7.62. The first-order valence-electron chi connectivity index (χ1n) is 6.88. The Hall–Kier alpha value is -0.820. The molecule has 2 N–H and O–H groups in total. The summed E-state index contributed by atoms with van der Waals surface area (Å²) in [6.07, 6.45) is 0. The number of carbonyl (C=O) groups excluding carboxylic acids is 1. The summed E-state index contributed by atoms with van der Waals surface area (Å²) in [5, 5.41) is 12.5. The molecule has 2 saturated heterocycles. The highest BCUT2D eigenvalue weighted by Crippen LogP contribution is 2.20. The number of phenols is 1. The van der Waals surface area contributed by atoms with Gasteiger partial charge in [0.05, 0.1) is 6.04 Å². The Labute approximate surface area is 147 Å². The fraction of sp³-hybridized carbons (Fsp3) is 0.500. The average Bonchev–Trinajstić information content (AvgIpc) is 3.02. The number of anilines is 1. The van der Waals surface area contributed by atoms with Crippen LogP contribution in [-0.4, -0.2) is 59.8 Å². The van der Waals surface area contributed by atoms with Gasteiger partial charge >= 0.3 is 0 Å². The van der Waals surface area contributed by atoms with Gasteiger partial charge in [-0.1, -0.05) is 0 Å². The molecule has 8 heteroatoms. The average molecular weight is 366 g/mol. The monoisotopic (exact) mass is 365 g/mol. The number of amides is 1. The first kappa shape index (κ1) is 19.2. The quantitative estimate of drug-likeness (QED) is 0.832. The smallest absolute Gasteiger partial charge is 0.240 e. The summed E-state index contributed by atoms with van der Waals surface area (Å²) in [5.41, 5.74) is 1.10.